The monoisotopic (exact) mass is 397 g/mol. The van der Waals surface area contributed by atoms with Crippen molar-refractivity contribution >= 4 is 23.4 Å². The first-order valence-corrected chi connectivity index (χ1v) is 9.57. The van der Waals surface area contributed by atoms with Crippen LogP contribution in [0.4, 0.5) is 11.5 Å². The zero-order chi connectivity index (χ0) is 20.3. The van der Waals surface area contributed by atoms with Gasteiger partial charge in [0.15, 0.2) is 5.79 Å². The molecule has 1 aromatic carbocycles. The molecule has 0 unspecified atom stereocenters. The number of carbonyl (C=O) groups is 2. The number of anilines is 2. The lowest BCUT2D eigenvalue weighted by atomic mass is 10.0. The lowest BCUT2D eigenvalue weighted by molar-refractivity contribution is -0.181. The number of methoxy groups -OCH3 is 1. The Kier molecular flexibility index (Phi) is 5.46. The molecule has 1 spiro atoms. The summed E-state index contributed by atoms with van der Waals surface area (Å²) in [4.78, 5) is 30.5. The van der Waals surface area contributed by atoms with E-state index in [4.69, 9.17) is 14.2 Å². The second kappa shape index (κ2) is 8.18. The zero-order valence-corrected chi connectivity index (χ0v) is 16.2. The standard InChI is InChI=1S/C21H23N3O5/c1-27-20(26)15-2-4-17(5-3-15)23-18-14-16(6-9-22-18)19(25)24-10-7-21(8-11-24)28-12-13-29-21/h2-6,9,14H,7-8,10-13H2,1H3,(H,22,23). The van der Waals surface area contributed by atoms with Crippen LogP contribution in [0.2, 0.25) is 0 Å². The summed E-state index contributed by atoms with van der Waals surface area (Å²) >= 11 is 0. The molecule has 0 aliphatic carbocycles. The topological polar surface area (TPSA) is 90.0 Å². The van der Waals surface area contributed by atoms with Crippen LogP contribution in [0.3, 0.4) is 0 Å². The maximum atomic E-state index is 12.9. The molecule has 3 heterocycles. The largest absolute Gasteiger partial charge is 0.465 e. The van der Waals surface area contributed by atoms with E-state index in [2.05, 4.69) is 10.3 Å². The molecule has 2 saturated heterocycles. The van der Waals surface area contributed by atoms with Gasteiger partial charge in [-0.05, 0) is 36.4 Å². The van der Waals surface area contributed by atoms with Gasteiger partial charge >= 0.3 is 5.97 Å². The third-order valence-electron chi connectivity index (χ3n) is 5.21. The quantitative estimate of drug-likeness (QED) is 0.793. The van der Waals surface area contributed by atoms with E-state index in [0.717, 1.165) is 5.69 Å². The van der Waals surface area contributed by atoms with Gasteiger partial charge < -0.3 is 24.4 Å². The Morgan fingerprint density at radius 3 is 2.41 bits per heavy atom. The molecule has 8 nitrogen and oxygen atoms in total. The third kappa shape index (κ3) is 4.23. The fraction of sp³-hybridized carbons (Fsp3) is 0.381. The highest BCUT2D eigenvalue weighted by Gasteiger charge is 2.40. The van der Waals surface area contributed by atoms with Crippen LogP contribution in [0.15, 0.2) is 42.6 Å². The molecule has 0 saturated carbocycles. The van der Waals surface area contributed by atoms with Crippen molar-refractivity contribution in [2.75, 3.05) is 38.7 Å². The number of benzene rings is 1. The minimum Gasteiger partial charge on any atom is -0.465 e. The van der Waals surface area contributed by atoms with Crippen molar-refractivity contribution in [2.24, 2.45) is 0 Å². The molecule has 1 N–H and O–H groups in total. The molecule has 2 aromatic rings. The molecule has 2 fully saturated rings. The van der Waals surface area contributed by atoms with Crippen LogP contribution in [-0.2, 0) is 14.2 Å². The molecular formula is C21H23N3O5. The van der Waals surface area contributed by atoms with E-state index in [1.807, 2.05) is 4.90 Å². The maximum Gasteiger partial charge on any atom is 0.337 e. The van der Waals surface area contributed by atoms with E-state index >= 15 is 0 Å². The van der Waals surface area contributed by atoms with E-state index in [1.165, 1.54) is 7.11 Å². The van der Waals surface area contributed by atoms with Gasteiger partial charge in [-0.3, -0.25) is 4.79 Å². The fourth-order valence-corrected chi connectivity index (χ4v) is 3.61. The van der Waals surface area contributed by atoms with Crippen molar-refractivity contribution in [1.82, 2.24) is 9.88 Å². The van der Waals surface area contributed by atoms with Crippen LogP contribution >= 0.6 is 0 Å². The van der Waals surface area contributed by atoms with E-state index in [0.29, 0.717) is 56.1 Å². The zero-order valence-electron chi connectivity index (χ0n) is 16.2. The van der Waals surface area contributed by atoms with Crippen molar-refractivity contribution in [3.63, 3.8) is 0 Å². The highest BCUT2D eigenvalue weighted by Crippen LogP contribution is 2.31. The van der Waals surface area contributed by atoms with Crippen LogP contribution in [-0.4, -0.2) is 61.0 Å². The van der Waals surface area contributed by atoms with Crippen molar-refractivity contribution in [3.8, 4) is 0 Å². The average Bonchev–Trinajstić information content (AvgIpc) is 3.22. The molecule has 2 aliphatic heterocycles. The van der Waals surface area contributed by atoms with Gasteiger partial charge in [-0.2, -0.15) is 0 Å². The second-order valence-corrected chi connectivity index (χ2v) is 7.02. The second-order valence-electron chi connectivity index (χ2n) is 7.02. The number of amides is 1. The van der Waals surface area contributed by atoms with Crippen LogP contribution in [0.5, 0.6) is 0 Å². The summed E-state index contributed by atoms with van der Waals surface area (Å²) in [5.41, 5.74) is 1.79. The summed E-state index contributed by atoms with van der Waals surface area (Å²) in [5, 5.41) is 3.15. The summed E-state index contributed by atoms with van der Waals surface area (Å²) in [6, 6.07) is 10.3. The van der Waals surface area contributed by atoms with Gasteiger partial charge in [-0.1, -0.05) is 0 Å². The van der Waals surface area contributed by atoms with Crippen LogP contribution in [0.25, 0.3) is 0 Å². The van der Waals surface area contributed by atoms with Crippen molar-refractivity contribution in [3.05, 3.63) is 53.7 Å². The molecule has 1 amide bonds. The number of piperidine rings is 1. The third-order valence-corrected chi connectivity index (χ3v) is 5.21. The van der Waals surface area contributed by atoms with E-state index in [1.54, 1.807) is 42.6 Å². The number of nitrogens with one attached hydrogen (secondary N) is 1. The summed E-state index contributed by atoms with van der Waals surface area (Å²) in [6.07, 6.45) is 2.97. The van der Waals surface area contributed by atoms with Gasteiger partial charge in [0.2, 0.25) is 0 Å². The Balaban J connectivity index is 1.40. The SMILES string of the molecule is COC(=O)c1ccc(Nc2cc(C(=O)N3CCC4(CC3)OCCO4)ccn2)cc1. The van der Waals surface area contributed by atoms with E-state index < -0.39 is 5.79 Å². The van der Waals surface area contributed by atoms with Gasteiger partial charge in [0.05, 0.1) is 25.9 Å². The normalized spacial score (nSPS) is 17.9. The van der Waals surface area contributed by atoms with Crippen LogP contribution in [0, 0.1) is 0 Å². The number of rotatable bonds is 4. The molecule has 0 bridgehead atoms. The van der Waals surface area contributed by atoms with Gasteiger partial charge in [-0.15, -0.1) is 0 Å². The van der Waals surface area contributed by atoms with Gasteiger partial charge in [0.1, 0.15) is 5.82 Å². The van der Waals surface area contributed by atoms with Crippen LogP contribution in [0.1, 0.15) is 33.6 Å². The molecular weight excluding hydrogens is 374 g/mol. The Labute approximate surface area is 168 Å². The number of carbonyl (C=O) groups excluding carboxylic acids is 2. The Morgan fingerprint density at radius 1 is 1.07 bits per heavy atom. The van der Waals surface area contributed by atoms with E-state index in [-0.39, 0.29) is 11.9 Å². The lowest BCUT2D eigenvalue weighted by Gasteiger charge is -2.37. The molecule has 29 heavy (non-hydrogen) atoms. The number of hydrogen-bond acceptors (Lipinski definition) is 7. The first kappa shape index (κ1) is 19.4. The number of esters is 1. The number of ether oxygens (including phenoxy) is 3. The molecule has 0 radical (unpaired) electrons. The molecule has 2 aliphatic rings. The molecule has 4 rings (SSSR count). The van der Waals surface area contributed by atoms with Crippen molar-refractivity contribution < 1.29 is 23.8 Å². The number of aromatic nitrogens is 1. The average molecular weight is 397 g/mol. The first-order valence-electron chi connectivity index (χ1n) is 9.57. The Hall–Kier alpha value is -2.97. The molecule has 8 heteroatoms. The highest BCUT2D eigenvalue weighted by atomic mass is 16.7. The lowest BCUT2D eigenvalue weighted by Crippen LogP contribution is -2.47. The van der Waals surface area contributed by atoms with Gasteiger partial charge in [0.25, 0.3) is 5.91 Å². The van der Waals surface area contributed by atoms with Gasteiger partial charge in [-0.25, -0.2) is 9.78 Å². The molecule has 152 valence electrons. The smallest absolute Gasteiger partial charge is 0.337 e. The number of hydrogen-bond donors (Lipinski definition) is 1. The fourth-order valence-electron chi connectivity index (χ4n) is 3.61. The van der Waals surface area contributed by atoms with Crippen molar-refractivity contribution in [1.29, 1.82) is 0 Å². The summed E-state index contributed by atoms with van der Waals surface area (Å²) < 4.78 is 16.1. The summed E-state index contributed by atoms with van der Waals surface area (Å²) in [5.74, 6) is -0.376. The summed E-state index contributed by atoms with van der Waals surface area (Å²) in [7, 11) is 1.34. The van der Waals surface area contributed by atoms with Crippen molar-refractivity contribution in [2.45, 2.75) is 18.6 Å². The van der Waals surface area contributed by atoms with Crippen LogP contribution < -0.4 is 5.32 Å². The minimum atomic E-state index is -0.502. The van der Waals surface area contributed by atoms with E-state index in [9.17, 15) is 9.59 Å². The number of pyridine rings is 1. The Bertz CT molecular complexity index is 883. The predicted octanol–water partition coefficient (Wildman–Crippen LogP) is 2.59. The number of likely N-dealkylation sites (tertiary alicyclic amines) is 1. The maximum absolute atomic E-state index is 12.9. The summed E-state index contributed by atoms with van der Waals surface area (Å²) in [6.45, 7) is 2.43. The molecule has 1 aromatic heterocycles. The first-order chi connectivity index (χ1) is 14.1. The van der Waals surface area contributed by atoms with Gasteiger partial charge in [0, 0.05) is 43.4 Å². The minimum absolute atomic E-state index is 0.0377. The predicted molar refractivity (Wildman–Crippen MR) is 105 cm³/mol. The Morgan fingerprint density at radius 2 is 1.76 bits per heavy atom. The highest BCUT2D eigenvalue weighted by molar-refractivity contribution is 5.95. The number of nitrogens with zero attached hydrogens (tertiary/aromatic N) is 2. The molecule has 0 atom stereocenters.